The molecular weight excluding hydrogens is 320 g/mol. The Kier molecular flexibility index (Phi) is 8.78. The van der Waals surface area contributed by atoms with Crippen molar-refractivity contribution in [1.29, 1.82) is 0 Å². The molecule has 0 bridgehead atoms. The maximum absolute atomic E-state index is 10.1. The first-order valence-electron chi connectivity index (χ1n) is 6.99. The maximum Gasteiger partial charge on any atom is 0.177 e. The van der Waals surface area contributed by atoms with E-state index in [1.807, 2.05) is 32.0 Å². The van der Waals surface area contributed by atoms with Crippen molar-refractivity contribution in [3.8, 4) is 0 Å². The number of benzene rings is 1. The zero-order valence-electron chi connectivity index (χ0n) is 12.1. The number of aliphatic hydroxyl groups is 1. The summed E-state index contributed by atoms with van der Waals surface area (Å²) in [6.45, 7) is 4.97. The molecule has 0 spiro atoms. The van der Waals surface area contributed by atoms with Gasteiger partial charge in [-0.2, -0.15) is 0 Å². The van der Waals surface area contributed by atoms with Gasteiger partial charge in [-0.1, -0.05) is 46.3 Å². The van der Waals surface area contributed by atoms with Crippen molar-refractivity contribution in [2.45, 2.75) is 39.1 Å². The Balaban J connectivity index is 2.49. The average molecular weight is 343 g/mol. The first-order valence-corrected chi connectivity index (χ1v) is 7.79. The Morgan fingerprint density at radius 3 is 2.35 bits per heavy atom. The van der Waals surface area contributed by atoms with Crippen molar-refractivity contribution in [3.05, 3.63) is 46.5 Å². The number of hydrogen-bond acceptors (Lipinski definition) is 3. The second kappa shape index (κ2) is 10.1. The van der Waals surface area contributed by atoms with E-state index >= 15 is 0 Å². The van der Waals surface area contributed by atoms with Gasteiger partial charge in [0.15, 0.2) is 6.29 Å². The molecule has 0 amide bonds. The Hall–Kier alpha value is -0.680. The number of halogens is 1. The fraction of sp³-hybridized carbons (Fsp3) is 0.500. The van der Waals surface area contributed by atoms with E-state index in [4.69, 9.17) is 9.47 Å². The fourth-order valence-corrected chi connectivity index (χ4v) is 2.24. The summed E-state index contributed by atoms with van der Waals surface area (Å²) in [6, 6.07) is 10.1. The van der Waals surface area contributed by atoms with Gasteiger partial charge in [0, 0.05) is 17.7 Å². The molecule has 0 aliphatic heterocycles. The number of rotatable bonds is 9. The van der Waals surface area contributed by atoms with Gasteiger partial charge in [0.1, 0.15) is 0 Å². The van der Waals surface area contributed by atoms with Crippen molar-refractivity contribution in [2.75, 3.05) is 13.2 Å². The normalized spacial score (nSPS) is 13.8. The molecule has 0 saturated heterocycles. The van der Waals surface area contributed by atoms with Gasteiger partial charge in [0.2, 0.25) is 0 Å². The number of hydrogen-bond donors (Lipinski definition) is 1. The number of aryl methyl sites for hydroxylation is 1. The zero-order valence-corrected chi connectivity index (χ0v) is 13.7. The molecule has 1 unspecified atom stereocenters. The van der Waals surface area contributed by atoms with Crippen LogP contribution < -0.4 is 0 Å². The van der Waals surface area contributed by atoms with Gasteiger partial charge in [-0.3, -0.25) is 0 Å². The minimum atomic E-state index is -0.543. The Bertz CT molecular complexity index is 386. The highest BCUT2D eigenvalue weighted by atomic mass is 79.9. The van der Waals surface area contributed by atoms with Crippen LogP contribution >= 0.6 is 15.9 Å². The molecule has 0 saturated carbocycles. The molecule has 1 atom stereocenters. The summed E-state index contributed by atoms with van der Waals surface area (Å²) in [5.41, 5.74) is 1.22. The van der Waals surface area contributed by atoms with Crippen LogP contribution in [0.5, 0.6) is 0 Å². The van der Waals surface area contributed by atoms with Gasteiger partial charge in [0.25, 0.3) is 0 Å². The van der Waals surface area contributed by atoms with Gasteiger partial charge in [0.05, 0.1) is 6.10 Å². The van der Waals surface area contributed by atoms with Crippen LogP contribution in [0.1, 0.15) is 25.8 Å². The van der Waals surface area contributed by atoms with E-state index in [0.29, 0.717) is 24.1 Å². The van der Waals surface area contributed by atoms with Gasteiger partial charge in [-0.25, -0.2) is 0 Å². The molecule has 0 aliphatic rings. The van der Waals surface area contributed by atoms with Gasteiger partial charge in [-0.05, 0) is 38.3 Å². The molecular formula is C16H23BrO3. The van der Waals surface area contributed by atoms with Crippen LogP contribution in [-0.4, -0.2) is 30.7 Å². The molecule has 1 N–H and O–H groups in total. The second-order valence-corrected chi connectivity index (χ2v) is 5.29. The average Bonchev–Trinajstić information content (AvgIpc) is 2.46. The molecule has 0 heterocycles. The van der Waals surface area contributed by atoms with Crippen molar-refractivity contribution in [3.63, 3.8) is 0 Å². The first kappa shape index (κ1) is 17.4. The van der Waals surface area contributed by atoms with E-state index < -0.39 is 12.4 Å². The Labute approximate surface area is 129 Å². The number of ether oxygens (including phenoxy) is 2. The summed E-state index contributed by atoms with van der Waals surface area (Å²) in [6.07, 6.45) is 2.32. The summed E-state index contributed by atoms with van der Waals surface area (Å²) < 4.78 is 11.6. The molecule has 0 fully saturated rings. The monoisotopic (exact) mass is 342 g/mol. The Morgan fingerprint density at radius 1 is 1.20 bits per heavy atom. The van der Waals surface area contributed by atoms with E-state index in [0.717, 1.165) is 6.42 Å². The molecule has 1 aromatic rings. The van der Waals surface area contributed by atoms with Crippen LogP contribution in [0.3, 0.4) is 0 Å². The van der Waals surface area contributed by atoms with Gasteiger partial charge >= 0.3 is 0 Å². The third-order valence-electron chi connectivity index (χ3n) is 2.82. The predicted molar refractivity (Wildman–Crippen MR) is 84.8 cm³/mol. The van der Waals surface area contributed by atoms with Gasteiger partial charge in [-0.15, -0.1) is 0 Å². The molecule has 1 aromatic carbocycles. The van der Waals surface area contributed by atoms with E-state index in [1.54, 1.807) is 6.08 Å². The van der Waals surface area contributed by atoms with Crippen molar-refractivity contribution >= 4 is 15.9 Å². The Morgan fingerprint density at radius 2 is 1.80 bits per heavy atom. The molecule has 112 valence electrons. The van der Waals surface area contributed by atoms with E-state index in [9.17, 15) is 5.11 Å². The highest BCUT2D eigenvalue weighted by Gasteiger charge is 2.12. The molecule has 3 nitrogen and oxygen atoms in total. The highest BCUT2D eigenvalue weighted by molar-refractivity contribution is 9.11. The van der Waals surface area contributed by atoms with Gasteiger partial charge < -0.3 is 14.6 Å². The third kappa shape index (κ3) is 6.66. The lowest BCUT2D eigenvalue weighted by molar-refractivity contribution is -0.104. The third-order valence-corrected chi connectivity index (χ3v) is 3.62. The van der Waals surface area contributed by atoms with Crippen LogP contribution in [0.15, 0.2) is 40.9 Å². The summed E-state index contributed by atoms with van der Waals surface area (Å²) in [7, 11) is 0. The lowest BCUT2D eigenvalue weighted by Crippen LogP contribution is -2.17. The standard InChI is InChI=1S/C16H23BrO3/c1-3-19-16(20-4-2)12-14(17)15(18)11-10-13-8-6-5-7-9-13/h5-9,12,15-16,18H,3-4,10-11H2,1-2H3/b14-12+. The number of aliphatic hydroxyl groups excluding tert-OH is 1. The van der Waals surface area contributed by atoms with Crippen LogP contribution in [0.2, 0.25) is 0 Å². The quantitative estimate of drug-likeness (QED) is 0.696. The SMILES string of the molecule is CCOC(/C=C(/Br)C(O)CCc1ccccc1)OCC. The predicted octanol–water partition coefficient (Wildman–Crippen LogP) is 3.66. The molecule has 1 rings (SSSR count). The second-order valence-electron chi connectivity index (χ2n) is 4.37. The van der Waals surface area contributed by atoms with Crippen molar-refractivity contribution in [1.82, 2.24) is 0 Å². The maximum atomic E-state index is 10.1. The van der Waals surface area contributed by atoms with Crippen molar-refractivity contribution < 1.29 is 14.6 Å². The van der Waals surface area contributed by atoms with Crippen LogP contribution in [-0.2, 0) is 15.9 Å². The first-order chi connectivity index (χ1) is 9.67. The van der Waals surface area contributed by atoms with Crippen LogP contribution in [0.4, 0.5) is 0 Å². The van der Waals surface area contributed by atoms with Crippen molar-refractivity contribution in [2.24, 2.45) is 0 Å². The lowest BCUT2D eigenvalue weighted by Gasteiger charge is -2.16. The molecule has 20 heavy (non-hydrogen) atoms. The van der Waals surface area contributed by atoms with E-state index in [1.165, 1.54) is 5.56 Å². The topological polar surface area (TPSA) is 38.7 Å². The lowest BCUT2D eigenvalue weighted by atomic mass is 10.1. The van der Waals surface area contributed by atoms with E-state index in [2.05, 4.69) is 28.1 Å². The minimum Gasteiger partial charge on any atom is -0.388 e. The highest BCUT2D eigenvalue weighted by Crippen LogP contribution is 2.18. The summed E-state index contributed by atoms with van der Waals surface area (Å²) in [5, 5.41) is 10.1. The largest absolute Gasteiger partial charge is 0.388 e. The molecule has 4 heteroatoms. The molecule has 0 radical (unpaired) electrons. The summed E-state index contributed by atoms with van der Waals surface area (Å²) >= 11 is 3.41. The van der Waals surface area contributed by atoms with Crippen LogP contribution in [0.25, 0.3) is 0 Å². The zero-order chi connectivity index (χ0) is 14.8. The molecule has 0 aliphatic carbocycles. The molecule has 0 aromatic heterocycles. The fourth-order valence-electron chi connectivity index (χ4n) is 1.80. The smallest absolute Gasteiger partial charge is 0.177 e. The summed E-state index contributed by atoms with van der Waals surface area (Å²) in [4.78, 5) is 0. The minimum absolute atomic E-state index is 0.411. The van der Waals surface area contributed by atoms with Crippen LogP contribution in [0, 0.1) is 0 Å². The van der Waals surface area contributed by atoms with E-state index in [-0.39, 0.29) is 0 Å². The summed E-state index contributed by atoms with van der Waals surface area (Å²) in [5.74, 6) is 0.